The average molecular weight is 141 g/mol. The topological polar surface area (TPSA) is 3.24 Å². The maximum absolute atomic E-state index is 2.31. The number of hydrogen-bond donors (Lipinski definition) is 0. The summed E-state index contributed by atoms with van der Waals surface area (Å²) in [4.78, 5) is 2.31. The van der Waals surface area contributed by atoms with Crippen molar-refractivity contribution in [2.45, 2.75) is 33.7 Å². The zero-order valence-corrected chi connectivity index (χ0v) is 7.81. The SMILES string of the molecule is CC(C)=CCN(C)C(C)C. The molecule has 60 valence electrons. The highest BCUT2D eigenvalue weighted by molar-refractivity contribution is 4.94. The number of allylic oxidation sites excluding steroid dienone is 1. The maximum atomic E-state index is 2.31. The molecule has 0 aromatic carbocycles. The smallest absolute Gasteiger partial charge is 0.0165 e. The molecule has 1 nitrogen and oxygen atoms in total. The van der Waals surface area contributed by atoms with Crippen molar-refractivity contribution in [1.29, 1.82) is 0 Å². The Kier molecular flexibility index (Phi) is 4.37. The van der Waals surface area contributed by atoms with Crippen LogP contribution >= 0.6 is 0 Å². The first-order valence-electron chi connectivity index (χ1n) is 3.87. The Morgan fingerprint density at radius 3 is 2.20 bits per heavy atom. The summed E-state index contributed by atoms with van der Waals surface area (Å²) < 4.78 is 0. The molecule has 0 rings (SSSR count). The van der Waals surface area contributed by atoms with Crippen molar-refractivity contribution < 1.29 is 0 Å². The quantitative estimate of drug-likeness (QED) is 0.545. The fourth-order valence-corrected chi connectivity index (χ4v) is 0.537. The van der Waals surface area contributed by atoms with Crippen LogP contribution in [0.15, 0.2) is 11.6 Å². The first-order valence-corrected chi connectivity index (χ1v) is 3.87. The molecule has 0 saturated heterocycles. The highest BCUT2D eigenvalue weighted by Crippen LogP contribution is 1.95. The minimum Gasteiger partial charge on any atom is -0.300 e. The van der Waals surface area contributed by atoms with Crippen LogP contribution in [0, 0.1) is 0 Å². The molecule has 10 heavy (non-hydrogen) atoms. The zero-order valence-electron chi connectivity index (χ0n) is 7.81. The molecule has 0 heterocycles. The molecule has 0 aliphatic carbocycles. The molecule has 0 amide bonds. The van der Waals surface area contributed by atoms with E-state index in [1.165, 1.54) is 5.57 Å². The monoisotopic (exact) mass is 141 g/mol. The largest absolute Gasteiger partial charge is 0.300 e. The van der Waals surface area contributed by atoms with Gasteiger partial charge in [0.1, 0.15) is 0 Å². The Labute approximate surface area is 64.7 Å². The second-order valence-corrected chi connectivity index (χ2v) is 3.31. The summed E-state index contributed by atoms with van der Waals surface area (Å²) in [6.45, 7) is 9.75. The van der Waals surface area contributed by atoms with Crippen molar-refractivity contribution in [3.05, 3.63) is 11.6 Å². The maximum Gasteiger partial charge on any atom is 0.0165 e. The Hall–Kier alpha value is -0.300. The third-order valence-corrected chi connectivity index (χ3v) is 1.67. The molecule has 0 aromatic heterocycles. The third kappa shape index (κ3) is 4.57. The second kappa shape index (κ2) is 4.51. The van der Waals surface area contributed by atoms with Crippen LogP contribution in [-0.2, 0) is 0 Å². The highest BCUT2D eigenvalue weighted by atomic mass is 15.1. The van der Waals surface area contributed by atoms with E-state index in [-0.39, 0.29) is 0 Å². The van der Waals surface area contributed by atoms with Crippen LogP contribution in [0.5, 0.6) is 0 Å². The second-order valence-electron chi connectivity index (χ2n) is 3.31. The fraction of sp³-hybridized carbons (Fsp3) is 0.778. The lowest BCUT2D eigenvalue weighted by Gasteiger charge is -2.18. The van der Waals surface area contributed by atoms with Crippen molar-refractivity contribution in [3.8, 4) is 0 Å². The van der Waals surface area contributed by atoms with Crippen molar-refractivity contribution in [1.82, 2.24) is 4.90 Å². The first kappa shape index (κ1) is 9.70. The standard InChI is InChI=1S/C9H19N/c1-8(2)6-7-10(5)9(3)4/h6,9H,7H2,1-5H3. The van der Waals surface area contributed by atoms with Crippen LogP contribution < -0.4 is 0 Å². The van der Waals surface area contributed by atoms with Gasteiger partial charge >= 0.3 is 0 Å². The summed E-state index contributed by atoms with van der Waals surface area (Å²) in [6, 6.07) is 0.649. The average Bonchev–Trinajstić information content (AvgIpc) is 1.82. The molecule has 0 N–H and O–H groups in total. The molecule has 0 spiro atoms. The predicted octanol–water partition coefficient (Wildman–Crippen LogP) is 2.29. The van der Waals surface area contributed by atoms with Crippen LogP contribution in [0.1, 0.15) is 27.7 Å². The van der Waals surface area contributed by atoms with E-state index in [2.05, 4.69) is 45.7 Å². The van der Waals surface area contributed by atoms with Gasteiger partial charge < -0.3 is 4.90 Å². The molecule has 0 radical (unpaired) electrons. The number of likely N-dealkylation sites (N-methyl/N-ethyl adjacent to an activating group) is 1. The van der Waals surface area contributed by atoms with Gasteiger partial charge in [-0.25, -0.2) is 0 Å². The summed E-state index contributed by atoms with van der Waals surface area (Å²) in [5, 5.41) is 0. The molecule has 0 aliphatic rings. The molecule has 0 aliphatic heterocycles. The fourth-order valence-electron chi connectivity index (χ4n) is 0.537. The van der Waals surface area contributed by atoms with Gasteiger partial charge in [0.25, 0.3) is 0 Å². The molecule has 1 heteroatoms. The van der Waals surface area contributed by atoms with Crippen LogP contribution in [0.4, 0.5) is 0 Å². The third-order valence-electron chi connectivity index (χ3n) is 1.67. The van der Waals surface area contributed by atoms with E-state index in [9.17, 15) is 0 Å². The van der Waals surface area contributed by atoms with Gasteiger partial charge in [0, 0.05) is 12.6 Å². The van der Waals surface area contributed by atoms with Gasteiger partial charge in [-0.3, -0.25) is 0 Å². The van der Waals surface area contributed by atoms with Gasteiger partial charge in [0.05, 0.1) is 0 Å². The van der Waals surface area contributed by atoms with Gasteiger partial charge in [-0.1, -0.05) is 11.6 Å². The van der Waals surface area contributed by atoms with Crippen LogP contribution in [-0.4, -0.2) is 24.5 Å². The molecule has 0 fully saturated rings. The van der Waals surface area contributed by atoms with E-state index in [1.54, 1.807) is 0 Å². The van der Waals surface area contributed by atoms with Crippen molar-refractivity contribution >= 4 is 0 Å². The van der Waals surface area contributed by atoms with Gasteiger partial charge in [-0.05, 0) is 34.7 Å². The van der Waals surface area contributed by atoms with Crippen LogP contribution in [0.25, 0.3) is 0 Å². The van der Waals surface area contributed by atoms with Crippen molar-refractivity contribution in [3.63, 3.8) is 0 Å². The lowest BCUT2D eigenvalue weighted by Crippen LogP contribution is -2.26. The number of nitrogens with zero attached hydrogens (tertiary/aromatic N) is 1. The van der Waals surface area contributed by atoms with Gasteiger partial charge in [0.2, 0.25) is 0 Å². The summed E-state index contributed by atoms with van der Waals surface area (Å²) >= 11 is 0. The minimum absolute atomic E-state index is 0.649. The summed E-state index contributed by atoms with van der Waals surface area (Å²) in [5.41, 5.74) is 1.40. The number of rotatable bonds is 3. The lowest BCUT2D eigenvalue weighted by atomic mass is 10.3. The first-order chi connectivity index (χ1) is 4.54. The number of hydrogen-bond acceptors (Lipinski definition) is 1. The van der Waals surface area contributed by atoms with Gasteiger partial charge in [-0.2, -0.15) is 0 Å². The van der Waals surface area contributed by atoms with E-state index in [0.29, 0.717) is 6.04 Å². The van der Waals surface area contributed by atoms with Crippen LogP contribution in [0.3, 0.4) is 0 Å². The Morgan fingerprint density at radius 2 is 1.90 bits per heavy atom. The van der Waals surface area contributed by atoms with Gasteiger partial charge in [-0.15, -0.1) is 0 Å². The summed E-state index contributed by atoms with van der Waals surface area (Å²) in [5.74, 6) is 0. The van der Waals surface area contributed by atoms with E-state index in [4.69, 9.17) is 0 Å². The van der Waals surface area contributed by atoms with E-state index in [0.717, 1.165) is 6.54 Å². The van der Waals surface area contributed by atoms with Gasteiger partial charge in [0.15, 0.2) is 0 Å². The lowest BCUT2D eigenvalue weighted by molar-refractivity contribution is 0.302. The van der Waals surface area contributed by atoms with E-state index in [1.807, 2.05) is 0 Å². The molecular weight excluding hydrogens is 122 g/mol. The summed E-state index contributed by atoms with van der Waals surface area (Å²) in [7, 11) is 2.14. The Morgan fingerprint density at radius 1 is 1.40 bits per heavy atom. The van der Waals surface area contributed by atoms with E-state index >= 15 is 0 Å². The minimum atomic E-state index is 0.649. The Balaban J connectivity index is 3.59. The molecule has 0 bridgehead atoms. The zero-order chi connectivity index (χ0) is 8.15. The van der Waals surface area contributed by atoms with Crippen LogP contribution in [0.2, 0.25) is 0 Å². The van der Waals surface area contributed by atoms with E-state index < -0.39 is 0 Å². The molecular formula is C9H19N. The molecule has 0 atom stereocenters. The van der Waals surface area contributed by atoms with Crippen molar-refractivity contribution in [2.75, 3.05) is 13.6 Å². The normalized spacial score (nSPS) is 10.7. The molecule has 0 unspecified atom stereocenters. The Bertz CT molecular complexity index is 110. The summed E-state index contributed by atoms with van der Waals surface area (Å²) in [6.07, 6.45) is 2.25. The predicted molar refractivity (Wildman–Crippen MR) is 47.2 cm³/mol. The van der Waals surface area contributed by atoms with Crippen molar-refractivity contribution in [2.24, 2.45) is 0 Å². The molecule has 0 saturated carbocycles. The molecule has 0 aromatic rings. The highest BCUT2D eigenvalue weighted by Gasteiger charge is 1.98.